The van der Waals surface area contributed by atoms with E-state index in [1.165, 1.54) is 11.1 Å². The van der Waals surface area contributed by atoms with Gasteiger partial charge >= 0.3 is 0 Å². The topological polar surface area (TPSA) is 41.6 Å². The molecule has 1 saturated carbocycles. The van der Waals surface area contributed by atoms with E-state index < -0.39 is 0 Å². The third-order valence-electron chi connectivity index (χ3n) is 4.45. The molecular weight excluding hydrogens is 252 g/mol. The van der Waals surface area contributed by atoms with E-state index in [0.29, 0.717) is 6.61 Å². The van der Waals surface area contributed by atoms with Gasteiger partial charge in [-0.25, -0.2) is 0 Å². The Kier molecular flexibility index (Phi) is 3.30. The van der Waals surface area contributed by atoms with Gasteiger partial charge in [0.1, 0.15) is 11.7 Å². The maximum atomic E-state index is 12.7. The van der Waals surface area contributed by atoms with Gasteiger partial charge in [0.25, 0.3) is 0 Å². The SMILES string of the molecule is COCC(C)N1C(=O)C2(CC2)NC1c1ccccc1C. The second-order valence-corrected chi connectivity index (χ2v) is 6.00. The van der Waals surface area contributed by atoms with Crippen LogP contribution in [0.3, 0.4) is 0 Å². The van der Waals surface area contributed by atoms with Crippen molar-refractivity contribution in [3.05, 3.63) is 35.4 Å². The largest absolute Gasteiger partial charge is 0.383 e. The molecule has 1 N–H and O–H groups in total. The number of aryl methyl sites for hydroxylation is 1. The lowest BCUT2D eigenvalue weighted by molar-refractivity contribution is -0.133. The fourth-order valence-corrected chi connectivity index (χ4v) is 3.14. The van der Waals surface area contributed by atoms with Gasteiger partial charge in [-0.15, -0.1) is 0 Å². The van der Waals surface area contributed by atoms with Crippen LogP contribution >= 0.6 is 0 Å². The summed E-state index contributed by atoms with van der Waals surface area (Å²) >= 11 is 0. The van der Waals surface area contributed by atoms with Crippen molar-refractivity contribution in [2.45, 2.75) is 44.4 Å². The number of hydrogen-bond acceptors (Lipinski definition) is 3. The van der Waals surface area contributed by atoms with E-state index in [0.717, 1.165) is 12.8 Å². The summed E-state index contributed by atoms with van der Waals surface area (Å²) < 4.78 is 5.25. The zero-order valence-electron chi connectivity index (χ0n) is 12.3. The number of carbonyl (C=O) groups is 1. The molecule has 1 aromatic carbocycles. The van der Waals surface area contributed by atoms with Crippen molar-refractivity contribution in [3.8, 4) is 0 Å². The van der Waals surface area contributed by atoms with Gasteiger partial charge in [0.05, 0.1) is 12.6 Å². The van der Waals surface area contributed by atoms with Crippen molar-refractivity contribution in [1.82, 2.24) is 10.2 Å². The van der Waals surface area contributed by atoms with Gasteiger partial charge < -0.3 is 9.64 Å². The third kappa shape index (κ3) is 2.03. The minimum atomic E-state index is -0.297. The van der Waals surface area contributed by atoms with Crippen molar-refractivity contribution in [3.63, 3.8) is 0 Å². The summed E-state index contributed by atoms with van der Waals surface area (Å²) in [6.07, 6.45) is 1.87. The monoisotopic (exact) mass is 274 g/mol. The number of nitrogens with zero attached hydrogens (tertiary/aromatic N) is 1. The second-order valence-electron chi connectivity index (χ2n) is 6.00. The van der Waals surface area contributed by atoms with Gasteiger partial charge in [-0.05, 0) is 37.8 Å². The van der Waals surface area contributed by atoms with Crippen LogP contribution in [0.5, 0.6) is 0 Å². The number of methoxy groups -OCH3 is 1. The van der Waals surface area contributed by atoms with E-state index in [-0.39, 0.29) is 23.7 Å². The quantitative estimate of drug-likeness (QED) is 0.913. The van der Waals surface area contributed by atoms with E-state index in [9.17, 15) is 4.79 Å². The van der Waals surface area contributed by atoms with Crippen LogP contribution in [0.15, 0.2) is 24.3 Å². The van der Waals surface area contributed by atoms with Crippen LogP contribution in [0, 0.1) is 6.92 Å². The number of carbonyl (C=O) groups excluding carboxylic acids is 1. The molecule has 1 aliphatic heterocycles. The zero-order chi connectivity index (χ0) is 14.3. The van der Waals surface area contributed by atoms with E-state index >= 15 is 0 Å². The summed E-state index contributed by atoms with van der Waals surface area (Å²) in [7, 11) is 1.68. The van der Waals surface area contributed by atoms with Crippen LogP contribution in [-0.4, -0.2) is 36.1 Å². The summed E-state index contributed by atoms with van der Waals surface area (Å²) in [6, 6.07) is 8.34. The lowest BCUT2D eigenvalue weighted by Gasteiger charge is -2.31. The summed E-state index contributed by atoms with van der Waals surface area (Å²) in [6.45, 7) is 4.71. The molecule has 1 heterocycles. The molecule has 0 aromatic heterocycles. The van der Waals surface area contributed by atoms with Gasteiger partial charge in [0.2, 0.25) is 5.91 Å². The van der Waals surface area contributed by atoms with Gasteiger partial charge in [-0.3, -0.25) is 10.1 Å². The Morgan fingerprint density at radius 2 is 2.15 bits per heavy atom. The van der Waals surface area contributed by atoms with Crippen molar-refractivity contribution in [2.75, 3.05) is 13.7 Å². The summed E-state index contributed by atoms with van der Waals surface area (Å²) in [5.74, 6) is 0.232. The Balaban J connectivity index is 1.95. The first-order chi connectivity index (χ1) is 9.59. The van der Waals surface area contributed by atoms with Gasteiger partial charge in [-0.1, -0.05) is 24.3 Å². The fraction of sp³-hybridized carbons (Fsp3) is 0.562. The van der Waals surface area contributed by atoms with Crippen molar-refractivity contribution < 1.29 is 9.53 Å². The minimum Gasteiger partial charge on any atom is -0.383 e. The number of hydrogen-bond donors (Lipinski definition) is 1. The lowest BCUT2D eigenvalue weighted by atomic mass is 10.1. The molecule has 2 unspecified atom stereocenters. The zero-order valence-corrected chi connectivity index (χ0v) is 12.3. The molecule has 1 aliphatic carbocycles. The molecular formula is C16H22N2O2. The standard InChI is InChI=1S/C16H22N2O2/c1-11-6-4-5-7-13(11)14-17-16(8-9-16)15(19)18(14)12(2)10-20-3/h4-7,12,14,17H,8-10H2,1-3H3. The molecule has 108 valence electrons. The van der Waals surface area contributed by atoms with E-state index in [1.807, 2.05) is 17.0 Å². The molecule has 4 nitrogen and oxygen atoms in total. The molecule has 0 radical (unpaired) electrons. The van der Waals surface area contributed by atoms with Crippen LogP contribution in [0.4, 0.5) is 0 Å². The first kappa shape index (κ1) is 13.6. The van der Waals surface area contributed by atoms with Crippen molar-refractivity contribution >= 4 is 5.91 Å². The predicted octanol–water partition coefficient (Wildman–Crippen LogP) is 1.99. The molecule has 0 bridgehead atoms. The minimum absolute atomic E-state index is 0.0312. The average Bonchev–Trinajstić information content (AvgIpc) is 3.13. The molecule has 20 heavy (non-hydrogen) atoms. The second kappa shape index (κ2) is 4.86. The van der Waals surface area contributed by atoms with Crippen LogP contribution in [0.1, 0.15) is 37.1 Å². The smallest absolute Gasteiger partial charge is 0.244 e. The highest BCUT2D eigenvalue weighted by molar-refractivity contribution is 5.92. The Bertz CT molecular complexity index is 525. The highest BCUT2D eigenvalue weighted by atomic mass is 16.5. The Labute approximate surface area is 120 Å². The Morgan fingerprint density at radius 1 is 1.45 bits per heavy atom. The Morgan fingerprint density at radius 3 is 2.75 bits per heavy atom. The molecule has 1 amide bonds. The normalized spacial score (nSPS) is 25.2. The molecule has 2 aliphatic rings. The van der Waals surface area contributed by atoms with Gasteiger partial charge in [0.15, 0.2) is 0 Å². The van der Waals surface area contributed by atoms with Crippen molar-refractivity contribution in [1.29, 1.82) is 0 Å². The van der Waals surface area contributed by atoms with E-state index in [1.54, 1.807) is 7.11 Å². The molecule has 2 atom stereocenters. The maximum absolute atomic E-state index is 12.7. The molecule has 4 heteroatoms. The fourth-order valence-electron chi connectivity index (χ4n) is 3.14. The van der Waals surface area contributed by atoms with Crippen molar-refractivity contribution in [2.24, 2.45) is 0 Å². The van der Waals surface area contributed by atoms with Gasteiger partial charge in [0, 0.05) is 7.11 Å². The predicted molar refractivity (Wildman–Crippen MR) is 77.2 cm³/mol. The molecule has 1 spiro atoms. The van der Waals surface area contributed by atoms with Crippen LogP contribution in [0.25, 0.3) is 0 Å². The van der Waals surface area contributed by atoms with Crippen LogP contribution < -0.4 is 5.32 Å². The van der Waals surface area contributed by atoms with E-state index in [4.69, 9.17) is 4.74 Å². The first-order valence-corrected chi connectivity index (χ1v) is 7.24. The highest BCUT2D eigenvalue weighted by Gasteiger charge is 2.60. The lowest BCUT2D eigenvalue weighted by Crippen LogP contribution is -2.41. The number of ether oxygens (including phenoxy) is 1. The molecule has 3 rings (SSSR count). The number of benzene rings is 1. The maximum Gasteiger partial charge on any atom is 0.244 e. The van der Waals surface area contributed by atoms with Gasteiger partial charge in [-0.2, -0.15) is 0 Å². The van der Waals surface area contributed by atoms with E-state index in [2.05, 4.69) is 31.3 Å². The highest BCUT2D eigenvalue weighted by Crippen LogP contribution is 2.47. The third-order valence-corrected chi connectivity index (χ3v) is 4.45. The van der Waals surface area contributed by atoms with Crippen LogP contribution in [0.2, 0.25) is 0 Å². The molecule has 1 aromatic rings. The summed E-state index contributed by atoms with van der Waals surface area (Å²) in [5.41, 5.74) is 2.10. The summed E-state index contributed by atoms with van der Waals surface area (Å²) in [4.78, 5) is 14.7. The molecule has 1 saturated heterocycles. The number of rotatable bonds is 4. The first-order valence-electron chi connectivity index (χ1n) is 7.24. The Hall–Kier alpha value is -1.39. The number of amides is 1. The van der Waals surface area contributed by atoms with Crippen LogP contribution in [-0.2, 0) is 9.53 Å². The number of nitrogens with one attached hydrogen (secondary N) is 1. The summed E-state index contributed by atoms with van der Waals surface area (Å²) in [5, 5.41) is 3.56. The average molecular weight is 274 g/mol. The molecule has 2 fully saturated rings.